The van der Waals surface area contributed by atoms with Gasteiger partial charge in [0.15, 0.2) is 0 Å². The van der Waals surface area contributed by atoms with Gasteiger partial charge in [-0.05, 0) is 44.7 Å². The topological polar surface area (TPSA) is 69.6 Å². The lowest BCUT2D eigenvalue weighted by molar-refractivity contribution is -0.145. The molecule has 116 valence electrons. The highest BCUT2D eigenvalue weighted by molar-refractivity contribution is 7.12. The fourth-order valence-corrected chi connectivity index (χ4v) is 3.70. The summed E-state index contributed by atoms with van der Waals surface area (Å²) < 4.78 is 0. The van der Waals surface area contributed by atoms with Crippen molar-refractivity contribution < 1.29 is 14.7 Å². The van der Waals surface area contributed by atoms with Gasteiger partial charge in [-0.2, -0.15) is 0 Å². The molecule has 5 nitrogen and oxygen atoms in total. The van der Waals surface area contributed by atoms with E-state index in [0.29, 0.717) is 6.54 Å². The Morgan fingerprint density at radius 1 is 1.48 bits per heavy atom. The zero-order valence-corrected chi connectivity index (χ0v) is 13.4. The third-order valence-electron chi connectivity index (χ3n) is 3.98. The number of carbonyl (C=O) groups is 2. The number of amides is 2. The fourth-order valence-electron chi connectivity index (χ4n) is 2.82. The monoisotopic (exact) mass is 310 g/mol. The molecule has 1 aromatic heterocycles. The van der Waals surface area contributed by atoms with Crippen molar-refractivity contribution in [2.24, 2.45) is 5.92 Å². The van der Waals surface area contributed by atoms with Gasteiger partial charge in [0, 0.05) is 16.3 Å². The van der Waals surface area contributed by atoms with Crippen LogP contribution in [0.25, 0.3) is 0 Å². The summed E-state index contributed by atoms with van der Waals surface area (Å²) in [5, 5.41) is 12.3. The summed E-state index contributed by atoms with van der Waals surface area (Å²) in [6.07, 6.45) is 1.70. The summed E-state index contributed by atoms with van der Waals surface area (Å²) in [4.78, 5) is 27.6. The standard InChI is InChI=1S/C15H22N2O3S/c1-9-5-4-8-17(13(9)14(18)19)15(20)16-11(3)12-7-6-10(2)21-12/h6-7,9,11,13H,4-5,8H2,1-3H3,(H,16,20)(H,18,19). The van der Waals surface area contributed by atoms with Crippen molar-refractivity contribution >= 4 is 23.3 Å². The van der Waals surface area contributed by atoms with Crippen LogP contribution in [0.5, 0.6) is 0 Å². The molecule has 21 heavy (non-hydrogen) atoms. The lowest BCUT2D eigenvalue weighted by Gasteiger charge is -2.37. The van der Waals surface area contributed by atoms with Gasteiger partial charge in [-0.3, -0.25) is 0 Å². The highest BCUT2D eigenvalue weighted by atomic mass is 32.1. The Labute approximate surface area is 129 Å². The number of piperidine rings is 1. The minimum absolute atomic E-state index is 0.0127. The first kappa shape index (κ1) is 15.8. The summed E-state index contributed by atoms with van der Waals surface area (Å²) in [7, 11) is 0. The van der Waals surface area contributed by atoms with Gasteiger partial charge < -0.3 is 15.3 Å². The van der Waals surface area contributed by atoms with Crippen molar-refractivity contribution in [2.75, 3.05) is 6.54 Å². The van der Waals surface area contributed by atoms with Gasteiger partial charge in [0.05, 0.1) is 6.04 Å². The molecule has 0 spiro atoms. The Morgan fingerprint density at radius 2 is 2.19 bits per heavy atom. The van der Waals surface area contributed by atoms with Gasteiger partial charge in [-0.1, -0.05) is 6.92 Å². The summed E-state index contributed by atoms with van der Waals surface area (Å²) in [6, 6.07) is 2.90. The molecule has 1 aliphatic rings. The van der Waals surface area contributed by atoms with Crippen LogP contribution in [0.1, 0.15) is 42.5 Å². The average Bonchev–Trinajstić information content (AvgIpc) is 2.84. The number of urea groups is 1. The van der Waals surface area contributed by atoms with Crippen LogP contribution in [0.4, 0.5) is 4.79 Å². The second-order valence-corrected chi connectivity index (χ2v) is 7.04. The molecule has 0 aromatic carbocycles. The maximum absolute atomic E-state index is 12.4. The van der Waals surface area contributed by atoms with Crippen LogP contribution in [0.2, 0.25) is 0 Å². The number of nitrogens with one attached hydrogen (secondary N) is 1. The number of carboxylic acid groups (broad SMARTS) is 1. The van der Waals surface area contributed by atoms with E-state index in [4.69, 9.17) is 0 Å². The van der Waals surface area contributed by atoms with E-state index in [1.807, 2.05) is 32.9 Å². The molecule has 2 heterocycles. The second kappa shape index (κ2) is 6.47. The molecule has 3 atom stereocenters. The van der Waals surface area contributed by atoms with Crippen molar-refractivity contribution in [1.29, 1.82) is 0 Å². The number of hydrogen-bond acceptors (Lipinski definition) is 3. The summed E-state index contributed by atoms with van der Waals surface area (Å²) in [6.45, 7) is 6.34. The van der Waals surface area contributed by atoms with E-state index in [1.54, 1.807) is 11.3 Å². The van der Waals surface area contributed by atoms with E-state index < -0.39 is 12.0 Å². The van der Waals surface area contributed by atoms with E-state index in [2.05, 4.69) is 5.32 Å². The maximum Gasteiger partial charge on any atom is 0.326 e. The van der Waals surface area contributed by atoms with Crippen LogP contribution in [0, 0.1) is 12.8 Å². The molecule has 6 heteroatoms. The van der Waals surface area contributed by atoms with Gasteiger partial charge in [0.25, 0.3) is 0 Å². The fraction of sp³-hybridized carbons (Fsp3) is 0.600. The molecule has 1 fully saturated rings. The molecule has 0 saturated carbocycles. The molecule has 0 aliphatic carbocycles. The SMILES string of the molecule is Cc1ccc(C(C)NC(=O)N2CCCC(C)C2C(=O)O)s1. The largest absolute Gasteiger partial charge is 0.480 e. The Morgan fingerprint density at radius 3 is 2.76 bits per heavy atom. The lowest BCUT2D eigenvalue weighted by Crippen LogP contribution is -2.55. The molecule has 2 N–H and O–H groups in total. The molecule has 2 amide bonds. The first-order valence-corrected chi connectivity index (χ1v) is 8.08. The number of nitrogens with zero attached hydrogens (tertiary/aromatic N) is 1. The third kappa shape index (κ3) is 3.56. The van der Waals surface area contributed by atoms with Gasteiger partial charge in [-0.25, -0.2) is 9.59 Å². The maximum atomic E-state index is 12.4. The number of carbonyl (C=O) groups excluding carboxylic acids is 1. The first-order chi connectivity index (χ1) is 9.90. The number of rotatable bonds is 3. The number of thiophene rings is 1. The second-order valence-electron chi connectivity index (χ2n) is 5.72. The quantitative estimate of drug-likeness (QED) is 0.901. The van der Waals surface area contributed by atoms with E-state index in [1.165, 1.54) is 9.78 Å². The van der Waals surface area contributed by atoms with Gasteiger partial charge in [0.2, 0.25) is 0 Å². The number of aryl methyl sites for hydroxylation is 1. The van der Waals surface area contributed by atoms with Gasteiger partial charge in [0.1, 0.15) is 6.04 Å². The number of likely N-dealkylation sites (tertiary alicyclic amines) is 1. The summed E-state index contributed by atoms with van der Waals surface area (Å²) >= 11 is 1.64. The van der Waals surface area contributed by atoms with Crippen LogP contribution in [0.15, 0.2) is 12.1 Å². The zero-order chi connectivity index (χ0) is 15.6. The van der Waals surface area contributed by atoms with Crippen molar-refractivity contribution in [3.8, 4) is 0 Å². The highest BCUT2D eigenvalue weighted by Gasteiger charge is 2.37. The third-order valence-corrected chi connectivity index (χ3v) is 5.16. The summed E-state index contributed by atoms with van der Waals surface area (Å²) in [5.74, 6) is -0.932. The van der Waals surface area contributed by atoms with E-state index in [0.717, 1.165) is 17.7 Å². The molecule has 1 saturated heterocycles. The Kier molecular flexibility index (Phi) is 4.88. The zero-order valence-electron chi connectivity index (χ0n) is 12.6. The highest BCUT2D eigenvalue weighted by Crippen LogP contribution is 2.26. The van der Waals surface area contributed by atoms with Crippen LogP contribution < -0.4 is 5.32 Å². The van der Waals surface area contributed by atoms with E-state index in [-0.39, 0.29) is 18.0 Å². The van der Waals surface area contributed by atoms with Crippen LogP contribution in [-0.4, -0.2) is 34.6 Å². The molecule has 0 bridgehead atoms. The van der Waals surface area contributed by atoms with Crippen molar-refractivity contribution in [3.63, 3.8) is 0 Å². The number of carboxylic acids is 1. The Balaban J connectivity index is 2.06. The predicted molar refractivity (Wildman–Crippen MR) is 82.5 cm³/mol. The van der Waals surface area contributed by atoms with E-state index >= 15 is 0 Å². The van der Waals surface area contributed by atoms with Crippen molar-refractivity contribution in [2.45, 2.75) is 45.7 Å². The molecule has 3 unspecified atom stereocenters. The Bertz CT molecular complexity index is 529. The Hall–Kier alpha value is -1.56. The van der Waals surface area contributed by atoms with Gasteiger partial charge in [-0.15, -0.1) is 11.3 Å². The van der Waals surface area contributed by atoms with E-state index in [9.17, 15) is 14.7 Å². The molecule has 1 aliphatic heterocycles. The van der Waals surface area contributed by atoms with Crippen LogP contribution in [0.3, 0.4) is 0 Å². The lowest BCUT2D eigenvalue weighted by atomic mass is 9.91. The van der Waals surface area contributed by atoms with Crippen molar-refractivity contribution in [3.05, 3.63) is 21.9 Å². The van der Waals surface area contributed by atoms with Crippen LogP contribution in [-0.2, 0) is 4.79 Å². The van der Waals surface area contributed by atoms with Crippen molar-refractivity contribution in [1.82, 2.24) is 10.2 Å². The average molecular weight is 310 g/mol. The normalized spacial score (nSPS) is 23.7. The van der Waals surface area contributed by atoms with Crippen LogP contribution >= 0.6 is 11.3 Å². The smallest absolute Gasteiger partial charge is 0.326 e. The molecule has 1 aromatic rings. The minimum atomic E-state index is -0.919. The molecule has 0 radical (unpaired) electrons. The molecule has 2 rings (SSSR count). The first-order valence-electron chi connectivity index (χ1n) is 7.26. The molecular weight excluding hydrogens is 288 g/mol. The summed E-state index contributed by atoms with van der Waals surface area (Å²) in [5.41, 5.74) is 0. The number of aliphatic carboxylic acids is 1. The van der Waals surface area contributed by atoms with Gasteiger partial charge >= 0.3 is 12.0 Å². The minimum Gasteiger partial charge on any atom is -0.480 e. The molecular formula is C15H22N2O3S. The predicted octanol–water partition coefficient (Wildman–Crippen LogP) is 3.01. The number of hydrogen-bond donors (Lipinski definition) is 2.